The lowest BCUT2D eigenvalue weighted by molar-refractivity contribution is -0.404. The van der Waals surface area contributed by atoms with Gasteiger partial charge in [0, 0.05) is 34.6 Å². The van der Waals surface area contributed by atoms with E-state index in [2.05, 4.69) is 26.6 Å². The summed E-state index contributed by atoms with van der Waals surface area (Å²) in [5.41, 5.74) is 0. The predicted octanol–water partition coefficient (Wildman–Crippen LogP) is -24.4. The summed E-state index contributed by atoms with van der Waals surface area (Å²) in [4.78, 5) is 66.0. The molecule has 36 N–H and O–H groups in total. The Bertz CT molecular complexity index is 4090. The lowest BCUT2D eigenvalue weighted by atomic mass is 9.93. The first-order valence-electron chi connectivity index (χ1n) is 46.9. The zero-order valence-corrected chi connectivity index (χ0v) is 79.0. The second kappa shape index (κ2) is 52.2. The largest absolute Gasteiger partial charge is 0.394 e. The Morgan fingerprint density at radius 1 is 0.192 bits per heavy atom. The molecule has 5 amide bonds. The zero-order chi connectivity index (χ0) is 107. The van der Waals surface area contributed by atoms with Crippen molar-refractivity contribution in [2.45, 2.75) is 417 Å². The fourth-order valence-electron chi connectivity index (χ4n) is 19.2. The molecule has 64 heteroatoms. The lowest BCUT2D eigenvalue weighted by Crippen LogP contribution is -2.72. The zero-order valence-electron chi connectivity index (χ0n) is 79.0. The van der Waals surface area contributed by atoms with Gasteiger partial charge >= 0.3 is 0 Å². The van der Waals surface area contributed by atoms with Gasteiger partial charge in [0.2, 0.25) is 29.5 Å². The topological polar surface area (TPSA) is 985 Å². The molecule has 0 aromatic rings. The van der Waals surface area contributed by atoms with E-state index >= 15 is 0 Å². The van der Waals surface area contributed by atoms with Crippen molar-refractivity contribution in [3.63, 3.8) is 0 Å². The number of hydrogen-bond acceptors (Lipinski definition) is 59. The molecule has 12 aliphatic rings. The van der Waals surface area contributed by atoms with Crippen molar-refractivity contribution in [1.82, 2.24) is 26.6 Å². The molecule has 0 aromatic carbocycles. The molecule has 12 saturated heterocycles. The number of aliphatic hydroxyl groups is 31. The van der Waals surface area contributed by atoms with Crippen molar-refractivity contribution < 1.29 is 291 Å². The number of ether oxygens (including phenoxy) is 23. The predicted molar refractivity (Wildman–Crippen MR) is 450 cm³/mol. The third kappa shape index (κ3) is 26.3. The van der Waals surface area contributed by atoms with Gasteiger partial charge in [-0.1, -0.05) is 0 Å². The Labute approximate surface area is 827 Å². The van der Waals surface area contributed by atoms with Crippen LogP contribution in [0.15, 0.2) is 0 Å². The molecule has 844 valence electrons. The van der Waals surface area contributed by atoms with E-state index in [1.165, 1.54) is 13.8 Å². The number of carbonyl (C=O) groups is 5. The van der Waals surface area contributed by atoms with Gasteiger partial charge in [0.15, 0.2) is 75.5 Å². The lowest BCUT2D eigenvalue weighted by Gasteiger charge is -2.52. The van der Waals surface area contributed by atoms with Crippen LogP contribution in [-0.4, -0.2) is 622 Å². The molecule has 12 aliphatic heterocycles. The average molecular weight is 2140 g/mol. The molecule has 0 saturated carbocycles. The summed E-state index contributed by atoms with van der Waals surface area (Å²) >= 11 is 0. The van der Waals surface area contributed by atoms with Crippen molar-refractivity contribution in [3.05, 3.63) is 0 Å². The Balaban J connectivity index is 0.795. The normalized spacial score (nSPS) is 49.8. The maximum Gasteiger partial charge on any atom is 0.217 e. The maximum absolute atomic E-state index is 13.7. The van der Waals surface area contributed by atoms with Crippen LogP contribution in [0.4, 0.5) is 0 Å². The number of nitrogens with one attached hydrogen (secondary N) is 5. The third-order valence-corrected chi connectivity index (χ3v) is 27.0. The molecule has 0 radical (unpaired) electrons. The minimum atomic E-state index is -2.41. The molecule has 12 heterocycles. The van der Waals surface area contributed by atoms with Crippen molar-refractivity contribution in [2.24, 2.45) is 0 Å². The van der Waals surface area contributed by atoms with E-state index in [4.69, 9.17) is 109 Å². The minimum absolute atomic E-state index is 0.868. The summed E-state index contributed by atoms with van der Waals surface area (Å²) in [5.74, 6) is -4.90. The number of hydrogen-bond donors (Lipinski definition) is 36. The van der Waals surface area contributed by atoms with Crippen LogP contribution >= 0.6 is 0 Å². The monoisotopic (exact) mass is 2140 g/mol. The van der Waals surface area contributed by atoms with Crippen molar-refractivity contribution in [1.29, 1.82) is 0 Å². The van der Waals surface area contributed by atoms with Gasteiger partial charge in [-0.3, -0.25) is 24.0 Å². The highest BCUT2D eigenvalue weighted by Gasteiger charge is 2.64. The van der Waals surface area contributed by atoms with Gasteiger partial charge < -0.3 is 294 Å². The van der Waals surface area contributed by atoms with E-state index in [1.807, 2.05) is 0 Å². The number of aliphatic hydroxyl groups excluding tert-OH is 31. The first-order chi connectivity index (χ1) is 69.0. The highest BCUT2D eigenvalue weighted by atomic mass is 16.8. The molecule has 60 atom stereocenters. The first-order valence-corrected chi connectivity index (χ1v) is 46.9. The van der Waals surface area contributed by atoms with E-state index in [-0.39, 0.29) is 0 Å². The van der Waals surface area contributed by atoms with Crippen LogP contribution in [0.5, 0.6) is 0 Å². The fraction of sp³-hybridized carbons (Fsp3) is 0.939. The SMILES string of the molecule is CC(=O)N[C@H]1[C@H](O[C@H]2[C@@H](O)[C@@H](CO)O[C@@H](O[C@H]3[C@H](O)[C@@H](O)C(O)O[C@@H]3CO)[C@@H]2O)O[C@H](CO)[C@@H](OC2OC(CO[C@@H]3O[C@H](CO)[C@@H](O[C@@H]4O[C@H](CO)[C@H](O)[C@H](O[C@H]5O[C@H](CO)[C@H](O)[C@H](O[C@@H]6O[C@H](CO)[C@@H](O[C@@H]7O[C@H](CO)[C@H](O)[C@H](O[C@H]8O[C@H](CO)[C@H](O)[C@H](O)[C@H]8NC(C)=O)[C@H]7O[C@@H]7O[C@@H](C)[C@@H](O)[C@@H](O)[C@@H]7O)[C@H](O)[C@H]6NC(C)=O)[C@H]5NC(C)=O)[C@H]4O[C@@H]4O[C@@H](C)[C@@H](O)[C@@H](O)[C@@H]4O)[C@H](O)[C@H]3NC(C)=O)C(O)C(O)C2O)[C@@H]1O. The fourth-order valence-corrected chi connectivity index (χ4v) is 19.2. The second-order valence-corrected chi connectivity index (χ2v) is 37.3. The molecule has 64 nitrogen and oxygen atoms in total. The number of rotatable bonds is 37. The molecule has 0 aliphatic carbocycles. The quantitative estimate of drug-likeness (QED) is 0.0275. The van der Waals surface area contributed by atoms with E-state index in [1.54, 1.807) is 0 Å². The van der Waals surface area contributed by atoms with Crippen LogP contribution in [0.3, 0.4) is 0 Å². The third-order valence-electron chi connectivity index (χ3n) is 27.0. The Hall–Kier alpha value is -4.81. The van der Waals surface area contributed by atoms with Gasteiger partial charge in [0.05, 0.1) is 78.3 Å². The molecule has 12 rings (SSSR count). The van der Waals surface area contributed by atoms with Crippen LogP contribution in [-0.2, 0) is 133 Å². The Morgan fingerprint density at radius 2 is 0.432 bits per heavy atom. The molecular weight excluding hydrogens is 2000 g/mol. The van der Waals surface area contributed by atoms with Crippen LogP contribution < -0.4 is 26.6 Å². The number of carbonyl (C=O) groups excluding carboxylic acids is 5. The summed E-state index contributed by atoms with van der Waals surface area (Å²) < 4.78 is 139. The summed E-state index contributed by atoms with van der Waals surface area (Å²) in [7, 11) is 0. The van der Waals surface area contributed by atoms with Crippen LogP contribution in [0.2, 0.25) is 0 Å². The standard InChI is InChI=1S/C82H137N5O59/c1-18-40(102)52(114)57(119)77(125-18)145-69-67(143-73-35(83-20(3)97)48(110)42(104)25(8-88)128-73)46(108)28(11-91)131-81(69)140-63-33(16-96)134-74(37(51(63)113)85-22(5)99)141-65-39(87-24(7)101)76(129-26(9-89)44(65)106)144-68-47(109)29(12-92)132-82(70(68)146-78-58(120)53(115)41(103)19(2)126-78)139-62-31(14-94)133-72(36(49(62)111)84-21(4)98)124-17-34-43(105)54(116)59(121)79(136-34)137-61-32(15-95)135-75(38(50(61)112)86-23(6)100)142-66-45(107)27(10-90)130-80(60(66)122)138-64-30(13-93)127-71(123)56(118)55(64)117/h18-19,25-82,88-96,102-123H,8-17H2,1-7H3,(H,83,97)(H,84,98)(H,85,99)(H,86,100)(H,87,101)/t18-,19-,25+,26+,27+,28+,29+,30+,31+,32+,33+,34?,35+,36+,37+,38+,39+,40+,41+,42-,43?,44-,45-,46-,47-,48+,49+,50+,51+,52+,53+,54?,55+,56+,57-,58-,59?,60+,61+,62+,63+,64+,65+,66-,67-,68-,69+,70+,71?,72+,73+,74-,75-,76+,77-,78-,79?,80-,81-,82-/m0/s1. The van der Waals surface area contributed by atoms with Crippen LogP contribution in [0.25, 0.3) is 0 Å². The second-order valence-electron chi connectivity index (χ2n) is 37.3. The highest BCUT2D eigenvalue weighted by molar-refractivity contribution is 5.75. The molecule has 6 unspecified atom stereocenters. The highest BCUT2D eigenvalue weighted by Crippen LogP contribution is 2.44. The van der Waals surface area contributed by atoms with E-state index in [0.29, 0.717) is 0 Å². The molecular formula is C82H137N5O59. The molecule has 0 aromatic heterocycles. The van der Waals surface area contributed by atoms with Gasteiger partial charge in [-0.25, -0.2) is 0 Å². The van der Waals surface area contributed by atoms with Gasteiger partial charge in [0.1, 0.15) is 280 Å². The first kappa shape index (κ1) is 120. The Kier molecular flexibility index (Phi) is 42.8. The summed E-state index contributed by atoms with van der Waals surface area (Å²) in [6, 6.07) is -9.92. The van der Waals surface area contributed by atoms with Gasteiger partial charge in [-0.15, -0.1) is 0 Å². The molecule has 12 fully saturated rings. The number of amides is 5. The van der Waals surface area contributed by atoms with Gasteiger partial charge in [-0.05, 0) is 13.8 Å². The van der Waals surface area contributed by atoms with Gasteiger partial charge in [-0.2, -0.15) is 0 Å². The summed E-state index contributed by atoms with van der Waals surface area (Å²) in [5, 5.41) is 361. The average Bonchev–Trinajstić information content (AvgIpc) is 0.720. The molecule has 146 heavy (non-hydrogen) atoms. The summed E-state index contributed by atoms with van der Waals surface area (Å²) in [6.45, 7) is -4.48. The summed E-state index contributed by atoms with van der Waals surface area (Å²) in [6.07, 6.45) is -115. The Morgan fingerprint density at radius 3 is 0.815 bits per heavy atom. The van der Waals surface area contributed by atoms with E-state index in [0.717, 1.165) is 34.6 Å². The minimum Gasteiger partial charge on any atom is -0.394 e. The van der Waals surface area contributed by atoms with E-state index < -0.39 is 464 Å². The molecule has 0 bridgehead atoms. The maximum atomic E-state index is 13.7. The van der Waals surface area contributed by atoms with Gasteiger partial charge in [0.25, 0.3) is 0 Å². The van der Waals surface area contributed by atoms with Crippen LogP contribution in [0, 0.1) is 0 Å². The molecule has 0 spiro atoms. The van der Waals surface area contributed by atoms with Crippen LogP contribution in [0.1, 0.15) is 48.5 Å². The van der Waals surface area contributed by atoms with E-state index in [9.17, 15) is 182 Å². The van der Waals surface area contributed by atoms with Crippen molar-refractivity contribution in [2.75, 3.05) is 66.1 Å². The van der Waals surface area contributed by atoms with Crippen molar-refractivity contribution in [3.8, 4) is 0 Å². The van der Waals surface area contributed by atoms with Crippen molar-refractivity contribution >= 4 is 29.5 Å². The smallest absolute Gasteiger partial charge is 0.217 e.